The zero-order chi connectivity index (χ0) is 15.1. The van der Waals surface area contributed by atoms with Crippen molar-refractivity contribution < 1.29 is 18.7 Å². The second kappa shape index (κ2) is 4.92. The molecule has 4 nitrogen and oxygen atoms in total. The summed E-state index contributed by atoms with van der Waals surface area (Å²) in [5, 5.41) is 8.89. The van der Waals surface area contributed by atoms with Gasteiger partial charge in [0.05, 0.1) is 16.6 Å². The summed E-state index contributed by atoms with van der Waals surface area (Å²) >= 11 is 3.18. The molecule has 0 saturated heterocycles. The number of aromatic carboxylic acids is 1. The number of fused-ring (bicyclic) bond motifs is 1. The molecule has 0 spiro atoms. The maximum Gasteiger partial charge on any atom is 0.338 e. The molecule has 0 radical (unpaired) electrons. The molecular formula is C14H7BrF2N2O2. The maximum absolute atomic E-state index is 13.6. The summed E-state index contributed by atoms with van der Waals surface area (Å²) in [7, 11) is 0. The van der Waals surface area contributed by atoms with E-state index in [2.05, 4.69) is 25.9 Å². The zero-order valence-corrected chi connectivity index (χ0v) is 11.9. The Morgan fingerprint density at radius 3 is 2.62 bits per heavy atom. The number of imidazole rings is 1. The molecule has 3 rings (SSSR count). The lowest BCUT2D eigenvalue weighted by atomic mass is 10.2. The predicted molar refractivity (Wildman–Crippen MR) is 76.1 cm³/mol. The molecule has 2 aromatic carbocycles. The molecule has 0 aliphatic carbocycles. The zero-order valence-electron chi connectivity index (χ0n) is 10.3. The fourth-order valence-electron chi connectivity index (χ4n) is 2.02. The smallest absolute Gasteiger partial charge is 0.338 e. The van der Waals surface area contributed by atoms with Crippen LogP contribution in [0.4, 0.5) is 8.78 Å². The summed E-state index contributed by atoms with van der Waals surface area (Å²) in [4.78, 5) is 17.9. The third-order valence-electron chi connectivity index (χ3n) is 2.94. The van der Waals surface area contributed by atoms with Gasteiger partial charge in [-0.25, -0.2) is 18.6 Å². The number of aromatic nitrogens is 2. The number of H-pyrrole nitrogens is 1. The Morgan fingerprint density at radius 1 is 1.19 bits per heavy atom. The minimum atomic E-state index is -1.37. The van der Waals surface area contributed by atoms with Gasteiger partial charge < -0.3 is 10.1 Å². The van der Waals surface area contributed by atoms with Crippen molar-refractivity contribution in [3.8, 4) is 11.4 Å². The molecule has 0 unspecified atom stereocenters. The molecule has 0 amide bonds. The maximum atomic E-state index is 13.6. The number of nitrogens with zero attached hydrogens (tertiary/aromatic N) is 1. The lowest BCUT2D eigenvalue weighted by Gasteiger charge is -1.98. The first-order chi connectivity index (χ1) is 9.94. The molecule has 0 aliphatic heterocycles. The Hall–Kier alpha value is -2.28. The van der Waals surface area contributed by atoms with E-state index in [-0.39, 0.29) is 0 Å². The van der Waals surface area contributed by atoms with Gasteiger partial charge in [0.15, 0.2) is 0 Å². The van der Waals surface area contributed by atoms with Crippen LogP contribution in [-0.4, -0.2) is 21.0 Å². The third kappa shape index (κ3) is 2.52. The van der Waals surface area contributed by atoms with Crippen LogP contribution in [0.5, 0.6) is 0 Å². The van der Waals surface area contributed by atoms with E-state index < -0.39 is 23.2 Å². The highest BCUT2D eigenvalue weighted by Crippen LogP contribution is 2.26. The van der Waals surface area contributed by atoms with Crippen molar-refractivity contribution in [3.63, 3.8) is 0 Å². The summed E-state index contributed by atoms with van der Waals surface area (Å²) in [6, 6.07) is 6.42. The summed E-state index contributed by atoms with van der Waals surface area (Å²) in [6.45, 7) is 0. The molecule has 0 saturated carbocycles. The number of hydrogen-bond acceptors (Lipinski definition) is 2. The Morgan fingerprint density at radius 2 is 1.95 bits per heavy atom. The number of benzene rings is 2. The third-order valence-corrected chi connectivity index (χ3v) is 3.39. The molecule has 21 heavy (non-hydrogen) atoms. The molecule has 106 valence electrons. The molecule has 0 bridgehead atoms. The van der Waals surface area contributed by atoms with Gasteiger partial charge in [0, 0.05) is 16.1 Å². The molecule has 0 atom stereocenters. The van der Waals surface area contributed by atoms with Gasteiger partial charge in [-0.1, -0.05) is 15.9 Å². The van der Waals surface area contributed by atoms with Gasteiger partial charge in [0.1, 0.15) is 17.5 Å². The van der Waals surface area contributed by atoms with Crippen LogP contribution in [0.2, 0.25) is 0 Å². The normalized spacial score (nSPS) is 11.0. The fourth-order valence-corrected chi connectivity index (χ4v) is 2.49. The van der Waals surface area contributed by atoms with Crippen LogP contribution in [0.15, 0.2) is 34.8 Å². The predicted octanol–water partition coefficient (Wildman–Crippen LogP) is 3.97. The number of hydrogen-bond donors (Lipinski definition) is 2. The Labute approximate surface area is 125 Å². The van der Waals surface area contributed by atoms with E-state index >= 15 is 0 Å². The molecule has 0 aliphatic rings. The quantitative estimate of drug-likeness (QED) is 0.733. The van der Waals surface area contributed by atoms with E-state index in [4.69, 9.17) is 5.11 Å². The highest BCUT2D eigenvalue weighted by molar-refractivity contribution is 9.10. The highest BCUT2D eigenvalue weighted by atomic mass is 79.9. The van der Waals surface area contributed by atoms with Gasteiger partial charge in [0.2, 0.25) is 0 Å². The second-order valence-electron chi connectivity index (χ2n) is 4.40. The van der Waals surface area contributed by atoms with E-state index in [1.807, 2.05) is 0 Å². The Balaban J connectivity index is 2.19. The van der Waals surface area contributed by atoms with Crippen molar-refractivity contribution in [2.24, 2.45) is 0 Å². The minimum Gasteiger partial charge on any atom is -0.478 e. The number of rotatable bonds is 2. The van der Waals surface area contributed by atoms with Crippen LogP contribution in [0.3, 0.4) is 0 Å². The standard InChI is InChI=1S/C14H7BrF2N2O2/c15-7-1-6(2-8(16)3-7)13-18-11-4-9(14(20)21)10(17)5-12(11)19-13/h1-5H,(H,18,19)(H,20,21). The summed E-state index contributed by atoms with van der Waals surface area (Å²) < 4.78 is 27.5. The topological polar surface area (TPSA) is 66.0 Å². The van der Waals surface area contributed by atoms with Crippen molar-refractivity contribution in [2.75, 3.05) is 0 Å². The molecule has 7 heteroatoms. The van der Waals surface area contributed by atoms with Crippen LogP contribution in [0.1, 0.15) is 10.4 Å². The van der Waals surface area contributed by atoms with Crippen LogP contribution in [0, 0.1) is 11.6 Å². The summed E-state index contributed by atoms with van der Waals surface area (Å²) in [6.07, 6.45) is 0. The second-order valence-corrected chi connectivity index (χ2v) is 5.31. The number of nitrogens with one attached hydrogen (secondary N) is 1. The lowest BCUT2D eigenvalue weighted by Crippen LogP contribution is -1.99. The number of carboxylic acid groups (broad SMARTS) is 1. The molecule has 3 aromatic rings. The van der Waals surface area contributed by atoms with Crippen molar-refractivity contribution in [3.05, 3.63) is 52.0 Å². The molecule has 1 heterocycles. The van der Waals surface area contributed by atoms with Gasteiger partial charge in [-0.3, -0.25) is 0 Å². The van der Waals surface area contributed by atoms with Gasteiger partial charge in [-0.05, 0) is 24.3 Å². The number of aromatic amines is 1. The van der Waals surface area contributed by atoms with Crippen LogP contribution in [-0.2, 0) is 0 Å². The Bertz CT molecular complexity index is 857. The van der Waals surface area contributed by atoms with Crippen LogP contribution >= 0.6 is 15.9 Å². The van der Waals surface area contributed by atoms with Crippen molar-refractivity contribution in [1.29, 1.82) is 0 Å². The summed E-state index contributed by atoms with van der Waals surface area (Å²) in [5.41, 5.74) is 0.647. The van der Waals surface area contributed by atoms with Gasteiger partial charge >= 0.3 is 5.97 Å². The SMILES string of the molecule is O=C(O)c1cc2nc(-c3cc(F)cc(Br)c3)[nH]c2cc1F. The van der Waals surface area contributed by atoms with E-state index in [1.165, 1.54) is 12.1 Å². The summed E-state index contributed by atoms with van der Waals surface area (Å²) in [5.74, 6) is -2.34. The fraction of sp³-hybridized carbons (Fsp3) is 0. The monoisotopic (exact) mass is 352 g/mol. The van der Waals surface area contributed by atoms with E-state index in [9.17, 15) is 13.6 Å². The number of carbonyl (C=O) groups is 1. The average molecular weight is 353 g/mol. The highest BCUT2D eigenvalue weighted by Gasteiger charge is 2.15. The molecule has 0 fully saturated rings. The first-order valence-corrected chi connectivity index (χ1v) is 6.62. The first kappa shape index (κ1) is 13.7. The van der Waals surface area contributed by atoms with E-state index in [0.29, 0.717) is 26.9 Å². The van der Waals surface area contributed by atoms with E-state index in [0.717, 1.165) is 12.1 Å². The largest absolute Gasteiger partial charge is 0.478 e. The van der Waals surface area contributed by atoms with Gasteiger partial charge in [-0.15, -0.1) is 0 Å². The van der Waals surface area contributed by atoms with Crippen LogP contribution in [0.25, 0.3) is 22.4 Å². The first-order valence-electron chi connectivity index (χ1n) is 5.83. The van der Waals surface area contributed by atoms with E-state index in [1.54, 1.807) is 6.07 Å². The molecule has 2 N–H and O–H groups in total. The number of carboxylic acids is 1. The van der Waals surface area contributed by atoms with Crippen molar-refractivity contribution in [2.45, 2.75) is 0 Å². The average Bonchev–Trinajstić information content (AvgIpc) is 2.79. The van der Waals surface area contributed by atoms with Gasteiger partial charge in [-0.2, -0.15) is 0 Å². The van der Waals surface area contributed by atoms with Crippen LogP contribution < -0.4 is 0 Å². The van der Waals surface area contributed by atoms with Crippen molar-refractivity contribution >= 4 is 32.9 Å². The Kier molecular flexibility index (Phi) is 3.21. The lowest BCUT2D eigenvalue weighted by molar-refractivity contribution is 0.0692. The minimum absolute atomic E-state index is 0.296. The van der Waals surface area contributed by atoms with Crippen molar-refractivity contribution in [1.82, 2.24) is 9.97 Å². The van der Waals surface area contributed by atoms with Gasteiger partial charge in [0.25, 0.3) is 0 Å². The molecule has 1 aromatic heterocycles. The number of halogens is 3. The molecular weight excluding hydrogens is 346 g/mol.